The van der Waals surface area contributed by atoms with Gasteiger partial charge in [-0.2, -0.15) is 23.4 Å². The molecule has 0 amide bonds. The summed E-state index contributed by atoms with van der Waals surface area (Å²) in [4.78, 5) is 4.33. The van der Waals surface area contributed by atoms with Crippen LogP contribution in [0.1, 0.15) is 16.8 Å². The van der Waals surface area contributed by atoms with Crippen LogP contribution in [0.25, 0.3) is 16.7 Å². The number of benzene rings is 2. The number of alkyl halides is 3. The summed E-state index contributed by atoms with van der Waals surface area (Å²) in [6.45, 7) is 1.08. The summed E-state index contributed by atoms with van der Waals surface area (Å²) < 4.78 is 52.3. The molecule has 1 aliphatic heterocycles. The van der Waals surface area contributed by atoms with Crippen LogP contribution in [0, 0.1) is 12.3 Å². The lowest BCUT2D eigenvalue weighted by atomic mass is 9.99. The average molecular weight is 575 g/mol. The van der Waals surface area contributed by atoms with E-state index in [4.69, 9.17) is 14.9 Å². The van der Waals surface area contributed by atoms with Crippen molar-refractivity contribution < 1.29 is 43.1 Å². The zero-order valence-corrected chi connectivity index (χ0v) is 21.3. The van der Waals surface area contributed by atoms with Gasteiger partial charge in [0.25, 0.3) is 0 Å². The molecule has 5 rings (SSSR count). The Morgan fingerprint density at radius 2 is 1.73 bits per heavy atom. The molecule has 0 spiro atoms. The molecule has 0 saturated carbocycles. The molecule has 5 unspecified atom stereocenters. The van der Waals surface area contributed by atoms with Gasteiger partial charge >= 0.3 is 6.18 Å². The Hall–Kier alpha value is -4.15. The molecule has 1 fully saturated rings. The van der Waals surface area contributed by atoms with Gasteiger partial charge in [0.05, 0.1) is 35.2 Å². The molecule has 0 radical (unpaired) electrons. The lowest BCUT2D eigenvalue weighted by molar-refractivity contribution is -0.277. The number of ether oxygens (including phenoxy) is 2. The molecule has 15 heteroatoms. The predicted molar refractivity (Wildman–Crippen MR) is 136 cm³/mol. The summed E-state index contributed by atoms with van der Waals surface area (Å²) in [5, 5.41) is 56.8. The average Bonchev–Trinajstić information content (AvgIpc) is 3.30. The van der Waals surface area contributed by atoms with E-state index in [9.17, 15) is 33.6 Å². The maximum atomic E-state index is 12.9. The number of hydrogen-bond acceptors (Lipinski definition) is 10. The number of rotatable bonds is 6. The molecule has 5 N–H and O–H groups in total. The quantitative estimate of drug-likeness (QED) is 0.213. The second kappa shape index (κ2) is 11.0. The van der Waals surface area contributed by atoms with E-state index in [0.29, 0.717) is 22.3 Å². The highest BCUT2D eigenvalue weighted by atomic mass is 19.4. The minimum atomic E-state index is -4.46. The van der Waals surface area contributed by atoms with Crippen molar-refractivity contribution in [3.05, 3.63) is 77.2 Å². The summed E-state index contributed by atoms with van der Waals surface area (Å²) in [6.07, 6.45) is -8.74. The van der Waals surface area contributed by atoms with Gasteiger partial charge in [-0.15, -0.1) is 0 Å². The van der Waals surface area contributed by atoms with Crippen molar-refractivity contribution in [1.82, 2.24) is 19.4 Å². The van der Waals surface area contributed by atoms with Gasteiger partial charge in [-0.25, -0.2) is 14.3 Å². The number of aryl methyl sites for hydroxylation is 1. The SMILES string of the molecule is Cc1nn(-c2ccc(C(F)(F)F)cc2)c2ncn(/N=C\c3ccc(OC4OC(CO)C(O)C(O)C4O)cc3)c(=N)c12. The fourth-order valence-electron chi connectivity index (χ4n) is 4.31. The lowest BCUT2D eigenvalue weighted by Crippen LogP contribution is -2.60. The highest BCUT2D eigenvalue weighted by Gasteiger charge is 2.44. The number of nitrogens with zero attached hydrogens (tertiary/aromatic N) is 5. The molecule has 0 aliphatic carbocycles. The van der Waals surface area contributed by atoms with Gasteiger partial charge in [-0.1, -0.05) is 0 Å². The molecule has 1 saturated heterocycles. The molecule has 41 heavy (non-hydrogen) atoms. The van der Waals surface area contributed by atoms with Crippen LogP contribution in [0.3, 0.4) is 0 Å². The summed E-state index contributed by atoms with van der Waals surface area (Å²) >= 11 is 0. The van der Waals surface area contributed by atoms with Crippen molar-refractivity contribution in [1.29, 1.82) is 5.41 Å². The Morgan fingerprint density at radius 3 is 2.37 bits per heavy atom. The van der Waals surface area contributed by atoms with Gasteiger partial charge in [0, 0.05) is 0 Å². The largest absolute Gasteiger partial charge is 0.462 e. The van der Waals surface area contributed by atoms with Gasteiger partial charge in [0.1, 0.15) is 36.5 Å². The number of aliphatic hydroxyl groups is 4. The molecule has 0 bridgehead atoms. The number of aliphatic hydroxyl groups excluding tert-OH is 4. The summed E-state index contributed by atoms with van der Waals surface area (Å²) in [5.41, 5.74) is 0.865. The third-order valence-corrected chi connectivity index (χ3v) is 6.54. The third kappa shape index (κ3) is 5.57. The Labute approximate surface area is 229 Å². The van der Waals surface area contributed by atoms with E-state index in [0.717, 1.165) is 12.1 Å². The van der Waals surface area contributed by atoms with E-state index >= 15 is 0 Å². The third-order valence-electron chi connectivity index (χ3n) is 6.54. The first-order chi connectivity index (χ1) is 19.5. The maximum absolute atomic E-state index is 12.9. The van der Waals surface area contributed by atoms with Gasteiger partial charge in [-0.3, -0.25) is 5.41 Å². The fraction of sp³-hybridized carbons (Fsp3) is 0.308. The molecule has 5 atom stereocenters. The first-order valence-electron chi connectivity index (χ1n) is 12.3. The Kier molecular flexibility index (Phi) is 7.63. The smallest absolute Gasteiger partial charge is 0.416 e. The normalized spacial score (nSPS) is 23.4. The van der Waals surface area contributed by atoms with Crippen molar-refractivity contribution >= 4 is 17.2 Å². The topological polar surface area (TPSA) is 171 Å². The molecular formula is C26H25F3N6O6. The van der Waals surface area contributed by atoms with E-state index < -0.39 is 49.1 Å². The Morgan fingerprint density at radius 1 is 1.05 bits per heavy atom. The number of nitrogens with one attached hydrogen (secondary N) is 1. The summed E-state index contributed by atoms with van der Waals surface area (Å²) in [5.74, 6) is 0.273. The van der Waals surface area contributed by atoms with Crippen LogP contribution < -0.4 is 10.2 Å². The van der Waals surface area contributed by atoms with E-state index in [1.54, 1.807) is 31.2 Å². The second-order valence-corrected chi connectivity index (χ2v) is 9.31. The van der Waals surface area contributed by atoms with Gasteiger partial charge in [-0.05, 0) is 61.0 Å². The first kappa shape index (κ1) is 28.4. The molecule has 2 aromatic heterocycles. The van der Waals surface area contributed by atoms with Crippen LogP contribution >= 0.6 is 0 Å². The van der Waals surface area contributed by atoms with Crippen LogP contribution in [-0.2, 0) is 10.9 Å². The van der Waals surface area contributed by atoms with Crippen LogP contribution in [0.2, 0.25) is 0 Å². The van der Waals surface area contributed by atoms with Crippen molar-refractivity contribution in [3.63, 3.8) is 0 Å². The van der Waals surface area contributed by atoms with Crippen LogP contribution in [-0.4, -0.2) is 83.4 Å². The highest BCUT2D eigenvalue weighted by molar-refractivity contribution is 5.80. The van der Waals surface area contributed by atoms with Crippen LogP contribution in [0.5, 0.6) is 5.75 Å². The Balaban J connectivity index is 1.33. The minimum Gasteiger partial charge on any atom is -0.462 e. The van der Waals surface area contributed by atoms with Crippen molar-refractivity contribution in [2.75, 3.05) is 6.61 Å². The zero-order chi connectivity index (χ0) is 29.5. The van der Waals surface area contributed by atoms with E-state index in [1.807, 2.05) is 0 Å². The highest BCUT2D eigenvalue weighted by Crippen LogP contribution is 2.30. The second-order valence-electron chi connectivity index (χ2n) is 9.31. The molecule has 12 nitrogen and oxygen atoms in total. The minimum absolute atomic E-state index is 0.0375. The molecular weight excluding hydrogens is 549 g/mol. The molecule has 216 valence electrons. The summed E-state index contributed by atoms with van der Waals surface area (Å²) in [6, 6.07) is 10.8. The fourth-order valence-corrected chi connectivity index (χ4v) is 4.31. The van der Waals surface area contributed by atoms with Gasteiger partial charge in [0.2, 0.25) is 6.29 Å². The first-order valence-corrected chi connectivity index (χ1v) is 12.3. The predicted octanol–water partition coefficient (Wildman–Crippen LogP) is 1.09. The van der Waals surface area contributed by atoms with Crippen molar-refractivity contribution in [2.24, 2.45) is 5.10 Å². The van der Waals surface area contributed by atoms with Crippen LogP contribution in [0.15, 0.2) is 60.0 Å². The van der Waals surface area contributed by atoms with Gasteiger partial charge in [0.15, 0.2) is 11.1 Å². The number of halogens is 3. The monoisotopic (exact) mass is 574 g/mol. The molecule has 3 heterocycles. The summed E-state index contributed by atoms with van der Waals surface area (Å²) in [7, 11) is 0. The lowest BCUT2D eigenvalue weighted by Gasteiger charge is -2.39. The number of aromatic nitrogens is 4. The maximum Gasteiger partial charge on any atom is 0.416 e. The van der Waals surface area contributed by atoms with E-state index in [1.165, 1.54) is 34.0 Å². The number of fused-ring (bicyclic) bond motifs is 1. The van der Waals surface area contributed by atoms with Crippen LogP contribution in [0.4, 0.5) is 13.2 Å². The Bertz CT molecular complexity index is 1620. The van der Waals surface area contributed by atoms with E-state index in [2.05, 4.69) is 15.2 Å². The zero-order valence-electron chi connectivity index (χ0n) is 21.3. The van der Waals surface area contributed by atoms with E-state index in [-0.39, 0.29) is 16.9 Å². The number of hydrogen-bond donors (Lipinski definition) is 5. The standard InChI is InChI=1S/C26H25F3N6O6/c1-13-19-23(30)34(12-31-24(19)35(33-13)16-6-4-15(5-7-16)26(27,28)29)32-10-14-2-8-17(9-3-14)40-25-22(39)21(38)20(37)18(11-36)41-25/h2-10,12,18,20-22,25,30,36-39H,11H2,1H3/b30-23?,32-10-. The van der Waals surface area contributed by atoms with Gasteiger partial charge < -0.3 is 29.9 Å². The molecule has 2 aromatic carbocycles. The van der Waals surface area contributed by atoms with Crippen molar-refractivity contribution in [3.8, 4) is 11.4 Å². The molecule has 4 aromatic rings. The molecule has 1 aliphatic rings. The van der Waals surface area contributed by atoms with Crippen molar-refractivity contribution in [2.45, 2.75) is 43.8 Å².